The van der Waals surface area contributed by atoms with Crippen LogP contribution in [0.4, 0.5) is 0 Å². The van der Waals surface area contributed by atoms with Gasteiger partial charge in [0.1, 0.15) is 5.75 Å². The summed E-state index contributed by atoms with van der Waals surface area (Å²) < 4.78 is 5.54. The van der Waals surface area contributed by atoms with Crippen LogP contribution in [0.25, 0.3) is 0 Å². The van der Waals surface area contributed by atoms with E-state index in [0.29, 0.717) is 29.0 Å². The average molecular weight is 271 g/mol. The molecule has 0 heterocycles. The molecule has 0 radical (unpaired) electrons. The third-order valence-electron chi connectivity index (χ3n) is 2.34. The van der Waals surface area contributed by atoms with Gasteiger partial charge in [0.15, 0.2) is 0 Å². The van der Waals surface area contributed by atoms with Crippen molar-refractivity contribution in [2.45, 2.75) is 26.3 Å². The van der Waals surface area contributed by atoms with E-state index in [0.717, 1.165) is 13.0 Å². The Morgan fingerprint density at radius 2 is 2.22 bits per heavy atom. The zero-order valence-corrected chi connectivity index (χ0v) is 11.5. The van der Waals surface area contributed by atoms with Gasteiger partial charge in [0, 0.05) is 11.1 Å². The first-order valence-electron chi connectivity index (χ1n) is 5.96. The van der Waals surface area contributed by atoms with E-state index in [2.05, 4.69) is 19.2 Å². The minimum Gasteiger partial charge on any atom is -0.493 e. The van der Waals surface area contributed by atoms with Crippen LogP contribution in [-0.4, -0.2) is 25.1 Å². The maximum absolute atomic E-state index is 11.2. The third-order valence-corrected chi connectivity index (χ3v) is 2.58. The van der Waals surface area contributed by atoms with Crippen LogP contribution in [0.15, 0.2) is 18.2 Å². The SMILES string of the molecule is CC(C)NCCCOc1cc(Cl)ccc1C(N)=O. The van der Waals surface area contributed by atoms with Crippen molar-refractivity contribution < 1.29 is 9.53 Å². The number of rotatable bonds is 7. The molecule has 0 saturated heterocycles. The van der Waals surface area contributed by atoms with Gasteiger partial charge >= 0.3 is 0 Å². The number of hydrogen-bond donors (Lipinski definition) is 2. The second-order valence-electron chi connectivity index (χ2n) is 4.32. The van der Waals surface area contributed by atoms with Gasteiger partial charge in [-0.3, -0.25) is 4.79 Å². The monoisotopic (exact) mass is 270 g/mol. The normalized spacial score (nSPS) is 10.7. The molecule has 0 spiro atoms. The van der Waals surface area contributed by atoms with Crippen LogP contribution in [0.3, 0.4) is 0 Å². The van der Waals surface area contributed by atoms with Crippen LogP contribution in [-0.2, 0) is 0 Å². The molecule has 100 valence electrons. The summed E-state index contributed by atoms with van der Waals surface area (Å²) in [5.74, 6) is -0.0680. The molecule has 18 heavy (non-hydrogen) atoms. The minimum atomic E-state index is -0.512. The third kappa shape index (κ3) is 4.94. The van der Waals surface area contributed by atoms with Crippen molar-refractivity contribution in [2.75, 3.05) is 13.2 Å². The maximum atomic E-state index is 11.2. The van der Waals surface area contributed by atoms with Crippen molar-refractivity contribution in [3.05, 3.63) is 28.8 Å². The first-order valence-corrected chi connectivity index (χ1v) is 6.34. The fourth-order valence-corrected chi connectivity index (χ4v) is 1.63. The number of halogens is 1. The van der Waals surface area contributed by atoms with Gasteiger partial charge in [-0.05, 0) is 31.2 Å². The summed E-state index contributed by atoms with van der Waals surface area (Å²) in [5, 5.41) is 3.81. The van der Waals surface area contributed by atoms with Crippen molar-refractivity contribution in [2.24, 2.45) is 5.73 Å². The molecule has 1 amide bonds. The molecule has 0 aliphatic heterocycles. The van der Waals surface area contributed by atoms with Crippen LogP contribution >= 0.6 is 11.6 Å². The molecule has 0 aliphatic rings. The topological polar surface area (TPSA) is 64.3 Å². The molecule has 0 fully saturated rings. The summed E-state index contributed by atoms with van der Waals surface area (Å²) in [7, 11) is 0. The number of nitrogens with one attached hydrogen (secondary N) is 1. The largest absolute Gasteiger partial charge is 0.493 e. The Kier molecular flexibility index (Phi) is 5.95. The lowest BCUT2D eigenvalue weighted by atomic mass is 10.2. The Bertz CT molecular complexity index is 408. The van der Waals surface area contributed by atoms with Crippen LogP contribution in [0, 0.1) is 0 Å². The van der Waals surface area contributed by atoms with Crippen LogP contribution < -0.4 is 15.8 Å². The molecular formula is C13H19ClN2O2. The summed E-state index contributed by atoms with van der Waals surface area (Å²) in [5.41, 5.74) is 5.62. The smallest absolute Gasteiger partial charge is 0.252 e. The van der Waals surface area contributed by atoms with E-state index in [1.54, 1.807) is 18.2 Å². The fraction of sp³-hybridized carbons (Fsp3) is 0.462. The van der Waals surface area contributed by atoms with Gasteiger partial charge < -0.3 is 15.8 Å². The molecule has 0 saturated carbocycles. The number of ether oxygens (including phenoxy) is 1. The number of nitrogens with two attached hydrogens (primary N) is 1. The lowest BCUT2D eigenvalue weighted by molar-refractivity contribution is 0.0996. The summed E-state index contributed by atoms with van der Waals surface area (Å²) in [6.07, 6.45) is 0.850. The summed E-state index contributed by atoms with van der Waals surface area (Å²) in [6.45, 7) is 5.55. The molecule has 0 atom stereocenters. The van der Waals surface area contributed by atoms with E-state index >= 15 is 0 Å². The number of amides is 1. The predicted molar refractivity (Wildman–Crippen MR) is 73.2 cm³/mol. The van der Waals surface area contributed by atoms with E-state index < -0.39 is 5.91 Å². The first-order chi connectivity index (χ1) is 8.50. The Hall–Kier alpha value is -1.26. The summed E-state index contributed by atoms with van der Waals surface area (Å²) >= 11 is 5.86. The Balaban J connectivity index is 2.50. The number of hydrogen-bond acceptors (Lipinski definition) is 3. The molecule has 0 unspecified atom stereocenters. The summed E-state index contributed by atoms with van der Waals surface area (Å²) in [6, 6.07) is 5.26. The summed E-state index contributed by atoms with van der Waals surface area (Å²) in [4.78, 5) is 11.2. The molecule has 0 aliphatic carbocycles. The van der Waals surface area contributed by atoms with Crippen LogP contribution in [0.1, 0.15) is 30.6 Å². The fourth-order valence-electron chi connectivity index (χ4n) is 1.46. The molecule has 0 bridgehead atoms. The van der Waals surface area contributed by atoms with Gasteiger partial charge in [0.25, 0.3) is 5.91 Å². The lowest BCUT2D eigenvalue weighted by Crippen LogP contribution is -2.25. The van der Waals surface area contributed by atoms with E-state index in [4.69, 9.17) is 22.1 Å². The van der Waals surface area contributed by atoms with Crippen LogP contribution in [0.5, 0.6) is 5.75 Å². The second kappa shape index (κ2) is 7.24. The van der Waals surface area contributed by atoms with E-state index in [1.165, 1.54) is 0 Å². The first kappa shape index (κ1) is 14.8. The Morgan fingerprint density at radius 3 is 2.83 bits per heavy atom. The Morgan fingerprint density at radius 1 is 1.50 bits per heavy atom. The van der Waals surface area contributed by atoms with Gasteiger partial charge in [-0.1, -0.05) is 25.4 Å². The minimum absolute atomic E-state index is 0.358. The number of primary amides is 1. The lowest BCUT2D eigenvalue weighted by Gasteiger charge is -2.11. The van der Waals surface area contributed by atoms with Gasteiger partial charge in [-0.2, -0.15) is 0 Å². The zero-order valence-electron chi connectivity index (χ0n) is 10.7. The highest BCUT2D eigenvalue weighted by Gasteiger charge is 2.09. The molecular weight excluding hydrogens is 252 g/mol. The predicted octanol–water partition coefficient (Wildman–Crippen LogP) is 2.21. The average Bonchev–Trinajstić information content (AvgIpc) is 2.27. The van der Waals surface area contributed by atoms with E-state index in [9.17, 15) is 4.79 Å². The van der Waals surface area contributed by atoms with Crippen molar-refractivity contribution in [1.29, 1.82) is 0 Å². The highest BCUT2D eigenvalue weighted by atomic mass is 35.5. The van der Waals surface area contributed by atoms with E-state index in [1.807, 2.05) is 0 Å². The van der Waals surface area contributed by atoms with Crippen molar-refractivity contribution >= 4 is 17.5 Å². The maximum Gasteiger partial charge on any atom is 0.252 e. The van der Waals surface area contributed by atoms with E-state index in [-0.39, 0.29) is 0 Å². The molecule has 1 rings (SSSR count). The van der Waals surface area contributed by atoms with Crippen molar-refractivity contribution in [3.8, 4) is 5.75 Å². The van der Waals surface area contributed by atoms with Gasteiger partial charge in [-0.25, -0.2) is 0 Å². The Labute approximate surface area is 112 Å². The zero-order chi connectivity index (χ0) is 13.5. The van der Waals surface area contributed by atoms with Gasteiger partial charge in [0.2, 0.25) is 0 Å². The molecule has 1 aromatic rings. The standard InChI is InChI=1S/C13H19ClN2O2/c1-9(2)16-6-3-7-18-12-8-10(14)4-5-11(12)13(15)17/h4-5,8-9,16H,3,6-7H2,1-2H3,(H2,15,17). The van der Waals surface area contributed by atoms with Gasteiger partial charge in [0.05, 0.1) is 12.2 Å². The quantitative estimate of drug-likeness (QED) is 0.747. The second-order valence-corrected chi connectivity index (χ2v) is 4.75. The van der Waals surface area contributed by atoms with Crippen molar-refractivity contribution in [1.82, 2.24) is 5.32 Å². The molecule has 5 heteroatoms. The molecule has 3 N–H and O–H groups in total. The van der Waals surface area contributed by atoms with Crippen LogP contribution in [0.2, 0.25) is 5.02 Å². The van der Waals surface area contributed by atoms with Crippen molar-refractivity contribution in [3.63, 3.8) is 0 Å². The highest BCUT2D eigenvalue weighted by molar-refractivity contribution is 6.30. The highest BCUT2D eigenvalue weighted by Crippen LogP contribution is 2.23. The van der Waals surface area contributed by atoms with Gasteiger partial charge in [-0.15, -0.1) is 0 Å². The number of carbonyl (C=O) groups excluding carboxylic acids is 1. The molecule has 4 nitrogen and oxygen atoms in total. The molecule has 1 aromatic carbocycles. The molecule has 0 aromatic heterocycles. The number of carbonyl (C=O) groups is 1. The number of benzene rings is 1.